The molecule has 2 N–H and O–H groups in total. The molecular weight excluding hydrogens is 290 g/mol. The number of hydroxylamine groups is 1. The maximum atomic E-state index is 11.1. The number of hydrogen-bond acceptors (Lipinski definition) is 3. The molecule has 23 heavy (non-hydrogen) atoms. The molecule has 0 heterocycles. The molecule has 0 unspecified atom stereocenters. The van der Waals surface area contributed by atoms with Crippen molar-refractivity contribution in [1.29, 1.82) is 0 Å². The Balaban J connectivity index is 3.11. The van der Waals surface area contributed by atoms with Gasteiger partial charge in [0.05, 0.1) is 0 Å². The molecule has 0 spiro atoms. The van der Waals surface area contributed by atoms with Gasteiger partial charge in [-0.2, -0.15) is 0 Å². The maximum absolute atomic E-state index is 11.1. The highest BCUT2D eigenvalue weighted by Gasteiger charge is 2.10. The van der Waals surface area contributed by atoms with Crippen molar-refractivity contribution in [1.82, 2.24) is 5.48 Å². The third kappa shape index (κ3) is 15.8. The zero-order valence-corrected chi connectivity index (χ0v) is 15.1. The molecule has 0 aliphatic heterocycles. The molecule has 0 saturated carbocycles. The standard InChI is InChI=1S/C19H37NO3/c1-2-3-4-5-6-7-8-9-10-11-12-13-14-15-16-17-18(21)19(22)20-23/h23H,2-17H2,1H3,(H,20,22). The molecule has 0 saturated heterocycles. The van der Waals surface area contributed by atoms with Gasteiger partial charge < -0.3 is 0 Å². The number of carbonyl (C=O) groups excluding carboxylic acids is 2. The van der Waals surface area contributed by atoms with E-state index in [9.17, 15) is 9.59 Å². The summed E-state index contributed by atoms with van der Waals surface area (Å²) >= 11 is 0. The van der Waals surface area contributed by atoms with Crippen molar-refractivity contribution in [3.63, 3.8) is 0 Å². The first kappa shape index (κ1) is 22.1. The van der Waals surface area contributed by atoms with Crippen LogP contribution in [-0.2, 0) is 9.59 Å². The predicted octanol–water partition coefficient (Wildman–Crippen LogP) is 5.32. The Bertz CT molecular complexity index is 292. The lowest BCUT2D eigenvalue weighted by molar-refractivity contribution is -0.143. The molecule has 4 heteroatoms. The SMILES string of the molecule is CCCCCCCCCCCCCCCCCC(=O)C(=O)NO. The Morgan fingerprint density at radius 2 is 1.00 bits per heavy atom. The van der Waals surface area contributed by atoms with Gasteiger partial charge in [-0.15, -0.1) is 0 Å². The molecule has 1 amide bonds. The monoisotopic (exact) mass is 327 g/mol. The Morgan fingerprint density at radius 3 is 1.35 bits per heavy atom. The third-order valence-electron chi connectivity index (χ3n) is 4.36. The highest BCUT2D eigenvalue weighted by molar-refractivity contribution is 6.35. The van der Waals surface area contributed by atoms with E-state index in [0.29, 0.717) is 0 Å². The number of ketones is 1. The van der Waals surface area contributed by atoms with Gasteiger partial charge in [0.25, 0.3) is 0 Å². The average molecular weight is 328 g/mol. The van der Waals surface area contributed by atoms with Crippen molar-refractivity contribution in [2.24, 2.45) is 0 Å². The van der Waals surface area contributed by atoms with Crippen LogP contribution in [0.4, 0.5) is 0 Å². The van der Waals surface area contributed by atoms with Gasteiger partial charge in [-0.1, -0.05) is 96.8 Å². The van der Waals surface area contributed by atoms with E-state index in [1.165, 1.54) is 82.5 Å². The molecule has 0 fully saturated rings. The van der Waals surface area contributed by atoms with E-state index >= 15 is 0 Å². The highest BCUT2D eigenvalue weighted by atomic mass is 16.5. The fourth-order valence-corrected chi connectivity index (χ4v) is 2.83. The van der Waals surface area contributed by atoms with Crippen LogP contribution in [0.1, 0.15) is 110 Å². The first-order valence-corrected chi connectivity index (χ1v) is 9.69. The number of hydrogen-bond donors (Lipinski definition) is 2. The van der Waals surface area contributed by atoms with E-state index < -0.39 is 11.7 Å². The molecule has 0 rings (SSSR count). The first-order chi connectivity index (χ1) is 11.2. The zero-order chi connectivity index (χ0) is 17.2. The molecule has 0 aliphatic rings. The summed E-state index contributed by atoms with van der Waals surface area (Å²) in [7, 11) is 0. The molecule has 0 aliphatic carbocycles. The quantitative estimate of drug-likeness (QED) is 0.164. The molecule has 0 atom stereocenters. The number of carbonyl (C=O) groups is 2. The summed E-state index contributed by atoms with van der Waals surface area (Å²) in [5.41, 5.74) is 1.38. The van der Waals surface area contributed by atoms with Gasteiger partial charge in [-0.3, -0.25) is 14.8 Å². The van der Waals surface area contributed by atoms with Gasteiger partial charge in [0.2, 0.25) is 5.78 Å². The van der Waals surface area contributed by atoms with E-state index in [1.807, 2.05) is 0 Å². The van der Waals surface area contributed by atoms with Crippen LogP contribution in [0.3, 0.4) is 0 Å². The number of nitrogens with one attached hydrogen (secondary N) is 1. The molecule has 0 aromatic carbocycles. The van der Waals surface area contributed by atoms with Gasteiger partial charge in [-0.25, -0.2) is 5.48 Å². The molecular formula is C19H37NO3. The van der Waals surface area contributed by atoms with Crippen molar-refractivity contribution < 1.29 is 14.8 Å². The van der Waals surface area contributed by atoms with E-state index in [-0.39, 0.29) is 6.42 Å². The van der Waals surface area contributed by atoms with E-state index in [0.717, 1.165) is 19.3 Å². The zero-order valence-electron chi connectivity index (χ0n) is 15.1. The van der Waals surface area contributed by atoms with Crippen LogP contribution in [0.15, 0.2) is 0 Å². The number of unbranched alkanes of at least 4 members (excludes halogenated alkanes) is 14. The first-order valence-electron chi connectivity index (χ1n) is 9.69. The summed E-state index contributed by atoms with van der Waals surface area (Å²) in [6.45, 7) is 2.26. The Morgan fingerprint density at radius 1 is 0.652 bits per heavy atom. The van der Waals surface area contributed by atoms with E-state index in [4.69, 9.17) is 5.21 Å². The smallest absolute Gasteiger partial charge is 0.289 e. The number of amides is 1. The summed E-state index contributed by atoms with van der Waals surface area (Å²) in [5, 5.41) is 8.31. The van der Waals surface area contributed by atoms with Gasteiger partial charge in [0.15, 0.2) is 0 Å². The molecule has 0 radical (unpaired) electrons. The average Bonchev–Trinajstić information content (AvgIpc) is 2.57. The van der Waals surface area contributed by atoms with Crippen LogP contribution in [0, 0.1) is 0 Å². The summed E-state index contributed by atoms with van der Waals surface area (Å²) < 4.78 is 0. The lowest BCUT2D eigenvalue weighted by Gasteiger charge is -2.03. The van der Waals surface area contributed by atoms with Crippen molar-refractivity contribution in [3.8, 4) is 0 Å². The van der Waals surface area contributed by atoms with Crippen molar-refractivity contribution in [2.75, 3.05) is 0 Å². The third-order valence-corrected chi connectivity index (χ3v) is 4.36. The van der Waals surface area contributed by atoms with Gasteiger partial charge in [0.1, 0.15) is 0 Å². The Kier molecular flexibility index (Phi) is 16.8. The molecule has 136 valence electrons. The second-order valence-electron chi connectivity index (χ2n) is 6.56. The maximum Gasteiger partial charge on any atom is 0.310 e. The number of rotatable bonds is 17. The molecule has 0 aromatic rings. The highest BCUT2D eigenvalue weighted by Crippen LogP contribution is 2.13. The predicted molar refractivity (Wildman–Crippen MR) is 94.5 cm³/mol. The summed E-state index contributed by atoms with van der Waals surface area (Å²) in [5.74, 6) is -1.42. The lowest BCUT2D eigenvalue weighted by Crippen LogP contribution is -2.27. The molecule has 0 bridgehead atoms. The molecule has 0 aromatic heterocycles. The minimum absolute atomic E-state index is 0.241. The van der Waals surface area contributed by atoms with Gasteiger partial charge in [-0.05, 0) is 6.42 Å². The summed E-state index contributed by atoms with van der Waals surface area (Å²) in [6.07, 6.45) is 19.4. The second kappa shape index (κ2) is 17.5. The number of Topliss-reactive ketones (excluding diaryl/α,β-unsaturated/α-hetero) is 1. The second-order valence-corrected chi connectivity index (χ2v) is 6.56. The topological polar surface area (TPSA) is 66.4 Å². The minimum atomic E-state index is -0.893. The van der Waals surface area contributed by atoms with E-state index in [2.05, 4.69) is 6.92 Å². The Labute approximate surface area is 142 Å². The van der Waals surface area contributed by atoms with Gasteiger partial charge >= 0.3 is 5.91 Å². The van der Waals surface area contributed by atoms with Crippen molar-refractivity contribution >= 4 is 11.7 Å². The van der Waals surface area contributed by atoms with Crippen LogP contribution in [0.5, 0.6) is 0 Å². The van der Waals surface area contributed by atoms with Crippen LogP contribution in [0.25, 0.3) is 0 Å². The Hall–Kier alpha value is -0.900. The fourth-order valence-electron chi connectivity index (χ4n) is 2.83. The summed E-state index contributed by atoms with van der Waals surface area (Å²) in [6, 6.07) is 0. The normalized spacial score (nSPS) is 10.7. The summed E-state index contributed by atoms with van der Waals surface area (Å²) in [4.78, 5) is 21.9. The van der Waals surface area contributed by atoms with Crippen LogP contribution in [-0.4, -0.2) is 16.9 Å². The van der Waals surface area contributed by atoms with Crippen LogP contribution in [0.2, 0.25) is 0 Å². The minimum Gasteiger partial charge on any atom is -0.289 e. The van der Waals surface area contributed by atoms with Crippen LogP contribution < -0.4 is 5.48 Å². The van der Waals surface area contributed by atoms with Crippen molar-refractivity contribution in [2.45, 2.75) is 110 Å². The van der Waals surface area contributed by atoms with E-state index in [1.54, 1.807) is 0 Å². The molecule has 4 nitrogen and oxygen atoms in total. The fraction of sp³-hybridized carbons (Fsp3) is 0.895. The van der Waals surface area contributed by atoms with Gasteiger partial charge in [0, 0.05) is 6.42 Å². The largest absolute Gasteiger partial charge is 0.310 e. The van der Waals surface area contributed by atoms with Crippen molar-refractivity contribution in [3.05, 3.63) is 0 Å². The van der Waals surface area contributed by atoms with Crippen LogP contribution >= 0.6 is 0 Å². The lowest BCUT2D eigenvalue weighted by atomic mass is 10.0.